The average Bonchev–Trinajstić information content (AvgIpc) is 3.05. The smallest absolute Gasteiger partial charge is 0.238 e. The second-order valence-corrected chi connectivity index (χ2v) is 7.78. The molecule has 0 bridgehead atoms. The van der Waals surface area contributed by atoms with Crippen molar-refractivity contribution in [2.45, 2.75) is 5.37 Å². The highest BCUT2D eigenvalue weighted by Gasteiger charge is 2.34. The molecule has 3 aromatic rings. The summed E-state index contributed by atoms with van der Waals surface area (Å²) in [5.41, 5.74) is 1.98. The van der Waals surface area contributed by atoms with E-state index in [1.807, 2.05) is 77.7 Å². The zero-order valence-electron chi connectivity index (χ0n) is 13.8. The summed E-state index contributed by atoms with van der Waals surface area (Å²) in [5.74, 6) is 2.14. The van der Waals surface area contributed by atoms with E-state index in [1.165, 1.54) is 0 Å². The van der Waals surface area contributed by atoms with E-state index in [2.05, 4.69) is 22.0 Å². The van der Waals surface area contributed by atoms with Crippen molar-refractivity contribution in [1.82, 2.24) is 0 Å². The third-order valence-corrected chi connectivity index (χ3v) is 6.05. The molecule has 0 aliphatic carbocycles. The SMILES string of the molecule is O=C1CS[C@H](c2ccccc2Br)N1c1ccc(Oc2ccccc2)cc1. The predicted octanol–water partition coefficient (Wildman–Crippen LogP) is 6.02. The number of ether oxygens (including phenoxy) is 1. The maximum Gasteiger partial charge on any atom is 0.238 e. The molecule has 0 N–H and O–H groups in total. The van der Waals surface area contributed by atoms with E-state index < -0.39 is 0 Å². The number of thioether (sulfide) groups is 1. The Labute approximate surface area is 165 Å². The van der Waals surface area contributed by atoms with Crippen LogP contribution in [0.5, 0.6) is 11.5 Å². The Morgan fingerprint density at radius 1 is 0.885 bits per heavy atom. The summed E-state index contributed by atoms with van der Waals surface area (Å²) in [6.45, 7) is 0. The van der Waals surface area contributed by atoms with Gasteiger partial charge in [0.15, 0.2) is 0 Å². The van der Waals surface area contributed by atoms with Gasteiger partial charge in [0.25, 0.3) is 0 Å². The summed E-state index contributed by atoms with van der Waals surface area (Å²) in [7, 11) is 0. The Balaban J connectivity index is 1.59. The van der Waals surface area contributed by atoms with Crippen molar-refractivity contribution >= 4 is 39.3 Å². The lowest BCUT2D eigenvalue weighted by molar-refractivity contribution is -0.115. The van der Waals surface area contributed by atoms with Crippen LogP contribution in [0.2, 0.25) is 0 Å². The first-order valence-corrected chi connectivity index (χ1v) is 10.1. The summed E-state index contributed by atoms with van der Waals surface area (Å²) in [6, 6.07) is 25.4. The fourth-order valence-electron chi connectivity index (χ4n) is 2.91. The maximum absolute atomic E-state index is 12.5. The van der Waals surface area contributed by atoms with Gasteiger partial charge in [0.05, 0.1) is 5.75 Å². The number of halogens is 1. The van der Waals surface area contributed by atoms with Crippen LogP contribution in [0.1, 0.15) is 10.9 Å². The maximum atomic E-state index is 12.5. The zero-order valence-corrected chi connectivity index (χ0v) is 16.2. The number of hydrogen-bond donors (Lipinski definition) is 0. The quantitative estimate of drug-likeness (QED) is 0.511. The second kappa shape index (κ2) is 7.56. The summed E-state index contributed by atoms with van der Waals surface area (Å²) in [5, 5.41) is -0.0287. The third-order valence-electron chi connectivity index (χ3n) is 4.13. The molecule has 26 heavy (non-hydrogen) atoms. The lowest BCUT2D eigenvalue weighted by atomic mass is 10.2. The monoisotopic (exact) mass is 425 g/mol. The summed E-state index contributed by atoms with van der Waals surface area (Å²) >= 11 is 5.25. The van der Waals surface area contributed by atoms with Gasteiger partial charge in [-0.3, -0.25) is 9.69 Å². The summed E-state index contributed by atoms with van der Waals surface area (Å²) < 4.78 is 6.85. The van der Waals surface area contributed by atoms with Gasteiger partial charge in [-0.15, -0.1) is 11.8 Å². The van der Waals surface area contributed by atoms with Gasteiger partial charge in [-0.25, -0.2) is 0 Å². The number of amides is 1. The van der Waals surface area contributed by atoms with E-state index in [0.29, 0.717) is 5.75 Å². The molecule has 5 heteroatoms. The highest BCUT2D eigenvalue weighted by molar-refractivity contribution is 9.10. The fraction of sp³-hybridized carbons (Fsp3) is 0.0952. The first-order valence-electron chi connectivity index (χ1n) is 8.23. The Kier molecular flexibility index (Phi) is 5.00. The molecule has 3 nitrogen and oxygen atoms in total. The normalized spacial score (nSPS) is 16.7. The van der Waals surface area contributed by atoms with Crippen molar-refractivity contribution in [3.63, 3.8) is 0 Å². The minimum absolute atomic E-state index is 0.0287. The second-order valence-electron chi connectivity index (χ2n) is 5.86. The van der Waals surface area contributed by atoms with Crippen LogP contribution in [0.4, 0.5) is 5.69 Å². The van der Waals surface area contributed by atoms with E-state index in [-0.39, 0.29) is 11.3 Å². The fourth-order valence-corrected chi connectivity index (χ4v) is 4.77. The van der Waals surface area contributed by atoms with Crippen molar-refractivity contribution in [3.05, 3.63) is 88.9 Å². The number of benzene rings is 3. The van der Waals surface area contributed by atoms with Gasteiger partial charge < -0.3 is 4.74 Å². The third kappa shape index (κ3) is 3.50. The number of carbonyl (C=O) groups excluding carboxylic acids is 1. The molecule has 1 aliphatic rings. The van der Waals surface area contributed by atoms with Crippen LogP contribution < -0.4 is 9.64 Å². The van der Waals surface area contributed by atoms with Gasteiger partial charge in [0.1, 0.15) is 16.9 Å². The minimum Gasteiger partial charge on any atom is -0.457 e. The number of anilines is 1. The van der Waals surface area contributed by atoms with Crippen LogP contribution in [0.25, 0.3) is 0 Å². The average molecular weight is 426 g/mol. The van der Waals surface area contributed by atoms with Crippen molar-refractivity contribution < 1.29 is 9.53 Å². The molecular weight excluding hydrogens is 410 g/mol. The first kappa shape index (κ1) is 17.2. The number of para-hydroxylation sites is 1. The molecule has 0 saturated carbocycles. The molecule has 1 atom stereocenters. The molecule has 1 amide bonds. The molecule has 1 fully saturated rings. The molecule has 130 valence electrons. The Morgan fingerprint density at radius 2 is 1.54 bits per heavy atom. The Hall–Kier alpha value is -2.24. The molecule has 1 aliphatic heterocycles. The topological polar surface area (TPSA) is 29.5 Å². The van der Waals surface area contributed by atoms with Gasteiger partial charge in [-0.1, -0.05) is 52.3 Å². The van der Waals surface area contributed by atoms with Crippen LogP contribution in [-0.4, -0.2) is 11.7 Å². The number of hydrogen-bond acceptors (Lipinski definition) is 3. The van der Waals surface area contributed by atoms with E-state index in [4.69, 9.17) is 4.74 Å². The largest absolute Gasteiger partial charge is 0.457 e. The minimum atomic E-state index is -0.0287. The van der Waals surface area contributed by atoms with Crippen LogP contribution in [0.15, 0.2) is 83.3 Å². The molecule has 0 spiro atoms. The van der Waals surface area contributed by atoms with Gasteiger partial charge >= 0.3 is 0 Å². The van der Waals surface area contributed by atoms with Crippen molar-refractivity contribution in [3.8, 4) is 11.5 Å². The predicted molar refractivity (Wildman–Crippen MR) is 110 cm³/mol. The molecule has 1 saturated heterocycles. The molecule has 0 radical (unpaired) electrons. The van der Waals surface area contributed by atoms with Gasteiger partial charge in [0.2, 0.25) is 5.91 Å². The van der Waals surface area contributed by atoms with E-state index >= 15 is 0 Å². The standard InChI is InChI=1S/C21H16BrNO2S/c22-19-9-5-4-8-18(19)21-23(20(24)14-26-21)15-10-12-17(13-11-15)25-16-6-2-1-3-7-16/h1-13,21H,14H2/t21-/m1/s1. The van der Waals surface area contributed by atoms with Gasteiger partial charge in [-0.05, 0) is 48.0 Å². The van der Waals surface area contributed by atoms with Crippen molar-refractivity contribution in [2.24, 2.45) is 0 Å². The molecule has 3 aromatic carbocycles. The molecular formula is C21H16BrNO2S. The highest BCUT2D eigenvalue weighted by Crippen LogP contribution is 2.44. The summed E-state index contributed by atoms with van der Waals surface area (Å²) in [4.78, 5) is 14.4. The van der Waals surface area contributed by atoms with Crippen LogP contribution in [-0.2, 0) is 4.79 Å². The lowest BCUT2D eigenvalue weighted by Gasteiger charge is -2.25. The number of carbonyl (C=O) groups is 1. The van der Waals surface area contributed by atoms with Gasteiger partial charge in [0, 0.05) is 10.2 Å². The molecule has 4 rings (SSSR count). The lowest BCUT2D eigenvalue weighted by Crippen LogP contribution is -2.27. The Morgan fingerprint density at radius 3 is 2.27 bits per heavy atom. The first-order chi connectivity index (χ1) is 12.7. The van der Waals surface area contributed by atoms with Crippen molar-refractivity contribution in [1.29, 1.82) is 0 Å². The number of rotatable bonds is 4. The number of nitrogens with zero attached hydrogens (tertiary/aromatic N) is 1. The molecule has 0 aromatic heterocycles. The van der Waals surface area contributed by atoms with E-state index in [9.17, 15) is 4.79 Å². The van der Waals surface area contributed by atoms with E-state index in [0.717, 1.165) is 27.2 Å². The van der Waals surface area contributed by atoms with Crippen molar-refractivity contribution in [2.75, 3.05) is 10.7 Å². The highest BCUT2D eigenvalue weighted by atomic mass is 79.9. The van der Waals surface area contributed by atoms with E-state index in [1.54, 1.807) is 11.8 Å². The molecule has 1 heterocycles. The van der Waals surface area contributed by atoms with Crippen LogP contribution in [0, 0.1) is 0 Å². The molecule has 0 unspecified atom stereocenters. The summed E-state index contributed by atoms with van der Waals surface area (Å²) in [6.07, 6.45) is 0. The van der Waals surface area contributed by atoms with Gasteiger partial charge in [-0.2, -0.15) is 0 Å². The van der Waals surface area contributed by atoms with Crippen LogP contribution in [0.3, 0.4) is 0 Å². The zero-order chi connectivity index (χ0) is 17.9. The Bertz CT molecular complexity index is 915. The van der Waals surface area contributed by atoms with Crippen LogP contribution >= 0.6 is 27.7 Å².